The third-order valence-electron chi connectivity index (χ3n) is 3.98. The summed E-state index contributed by atoms with van der Waals surface area (Å²) in [5.41, 5.74) is 0.286. The molecule has 0 saturated heterocycles. The average Bonchev–Trinajstić information content (AvgIpc) is 2.91. The van der Waals surface area contributed by atoms with Gasteiger partial charge in [0.1, 0.15) is 11.9 Å². The summed E-state index contributed by atoms with van der Waals surface area (Å²) in [7, 11) is 0. The fourth-order valence-electron chi connectivity index (χ4n) is 2.77. The highest BCUT2D eigenvalue weighted by Crippen LogP contribution is 2.27. The van der Waals surface area contributed by atoms with Crippen LogP contribution in [0.4, 0.5) is 13.6 Å². The number of aliphatic hydroxyl groups excluding tert-OH is 1. The predicted molar refractivity (Wildman–Crippen MR) is 83.0 cm³/mol. The van der Waals surface area contributed by atoms with Crippen LogP contribution in [-0.4, -0.2) is 41.1 Å². The van der Waals surface area contributed by atoms with Gasteiger partial charge in [-0.2, -0.15) is 0 Å². The number of aliphatic hydroxyl groups is 1. The Morgan fingerprint density at radius 2 is 2.17 bits per heavy atom. The number of hydrogen-bond donors (Lipinski definition) is 4. The van der Waals surface area contributed by atoms with E-state index in [2.05, 4.69) is 10.6 Å². The van der Waals surface area contributed by atoms with Crippen molar-refractivity contribution in [1.29, 1.82) is 0 Å². The fraction of sp³-hybridized carbons (Fsp3) is 0.562. The van der Waals surface area contributed by atoms with Crippen LogP contribution in [0.1, 0.15) is 31.7 Å². The summed E-state index contributed by atoms with van der Waals surface area (Å²) < 4.78 is 33.0. The second-order valence-corrected chi connectivity index (χ2v) is 5.98. The first-order chi connectivity index (χ1) is 11.4. The SMILES string of the molecule is C[C@@H](CNC(=O)O)Oc1c(F)cc(F)cc1CN[C@@H]1CCC[C@@H]1O. The first kappa shape index (κ1) is 18.4. The monoisotopic (exact) mass is 344 g/mol. The lowest BCUT2D eigenvalue weighted by Gasteiger charge is -2.21. The van der Waals surface area contributed by atoms with Crippen LogP contribution >= 0.6 is 0 Å². The van der Waals surface area contributed by atoms with Crippen molar-refractivity contribution < 1.29 is 28.5 Å². The average molecular weight is 344 g/mol. The van der Waals surface area contributed by atoms with Crippen molar-refractivity contribution in [2.45, 2.75) is 51.0 Å². The molecule has 1 fully saturated rings. The Bertz CT molecular complexity index is 585. The summed E-state index contributed by atoms with van der Waals surface area (Å²) in [5.74, 6) is -1.68. The highest BCUT2D eigenvalue weighted by Gasteiger charge is 2.25. The van der Waals surface area contributed by atoms with Crippen LogP contribution in [0.25, 0.3) is 0 Å². The molecule has 1 saturated carbocycles. The highest BCUT2D eigenvalue weighted by molar-refractivity contribution is 5.64. The van der Waals surface area contributed by atoms with Gasteiger partial charge in [0.2, 0.25) is 0 Å². The fourth-order valence-corrected chi connectivity index (χ4v) is 2.77. The Hall–Kier alpha value is -1.93. The molecule has 1 aromatic rings. The number of ether oxygens (including phenoxy) is 1. The molecule has 0 bridgehead atoms. The van der Waals surface area contributed by atoms with Crippen molar-refractivity contribution in [1.82, 2.24) is 10.6 Å². The summed E-state index contributed by atoms with van der Waals surface area (Å²) in [4.78, 5) is 10.5. The number of halogens is 2. The zero-order chi connectivity index (χ0) is 17.7. The largest absolute Gasteiger partial charge is 0.485 e. The van der Waals surface area contributed by atoms with Crippen LogP contribution in [0, 0.1) is 11.6 Å². The molecule has 8 heteroatoms. The van der Waals surface area contributed by atoms with Gasteiger partial charge in [0.15, 0.2) is 11.6 Å². The van der Waals surface area contributed by atoms with E-state index in [-0.39, 0.29) is 30.4 Å². The lowest BCUT2D eigenvalue weighted by atomic mass is 10.1. The molecule has 0 aliphatic heterocycles. The van der Waals surface area contributed by atoms with Crippen LogP contribution < -0.4 is 15.4 Å². The Kier molecular flexibility index (Phi) is 6.33. The molecule has 3 atom stereocenters. The number of amides is 1. The molecular formula is C16H22F2N2O4. The van der Waals surface area contributed by atoms with E-state index in [0.29, 0.717) is 6.42 Å². The minimum atomic E-state index is -1.21. The molecule has 0 unspecified atom stereocenters. The Morgan fingerprint density at radius 1 is 1.42 bits per heavy atom. The number of rotatable bonds is 7. The molecule has 0 aromatic heterocycles. The molecule has 1 amide bonds. The maximum atomic E-state index is 14.1. The van der Waals surface area contributed by atoms with Crippen LogP contribution in [0.2, 0.25) is 0 Å². The van der Waals surface area contributed by atoms with E-state index in [9.17, 15) is 18.7 Å². The molecule has 1 aliphatic carbocycles. The summed E-state index contributed by atoms with van der Waals surface area (Å²) in [6.45, 7) is 1.70. The van der Waals surface area contributed by atoms with Crippen molar-refractivity contribution >= 4 is 6.09 Å². The van der Waals surface area contributed by atoms with Crippen LogP contribution in [0.3, 0.4) is 0 Å². The van der Waals surface area contributed by atoms with Gasteiger partial charge in [0.05, 0.1) is 12.6 Å². The zero-order valence-corrected chi connectivity index (χ0v) is 13.4. The smallest absolute Gasteiger partial charge is 0.404 e. The van der Waals surface area contributed by atoms with Crippen LogP contribution in [-0.2, 0) is 6.54 Å². The second-order valence-electron chi connectivity index (χ2n) is 5.98. The number of carboxylic acid groups (broad SMARTS) is 1. The van der Waals surface area contributed by atoms with Crippen LogP contribution in [0.5, 0.6) is 5.75 Å². The Labute approximate surface area is 138 Å². The predicted octanol–water partition coefficient (Wildman–Crippen LogP) is 2.00. The van der Waals surface area contributed by atoms with Gasteiger partial charge >= 0.3 is 6.09 Å². The number of hydrogen-bond acceptors (Lipinski definition) is 4. The lowest BCUT2D eigenvalue weighted by Crippen LogP contribution is -2.35. The zero-order valence-electron chi connectivity index (χ0n) is 13.4. The summed E-state index contributed by atoms with van der Waals surface area (Å²) in [6, 6.07) is 1.78. The van der Waals surface area contributed by atoms with Crippen molar-refractivity contribution in [2.24, 2.45) is 0 Å². The van der Waals surface area contributed by atoms with Gasteiger partial charge in [0.25, 0.3) is 0 Å². The van der Waals surface area contributed by atoms with E-state index < -0.39 is 29.9 Å². The van der Waals surface area contributed by atoms with Crippen molar-refractivity contribution in [3.05, 3.63) is 29.3 Å². The lowest BCUT2D eigenvalue weighted by molar-refractivity contribution is 0.148. The standard InChI is InChI=1S/C16H22F2N2O4/c1-9(7-20-16(22)23)24-15-10(5-11(17)6-12(15)18)8-19-13-3-2-4-14(13)21/h5-6,9,13-14,19-21H,2-4,7-8H2,1H3,(H,22,23)/t9-,13+,14-/m0/s1. The molecule has 0 radical (unpaired) electrons. The van der Waals surface area contributed by atoms with Gasteiger partial charge in [0, 0.05) is 24.2 Å². The maximum Gasteiger partial charge on any atom is 0.404 e. The van der Waals surface area contributed by atoms with E-state index in [1.165, 1.54) is 6.07 Å². The van der Waals surface area contributed by atoms with Crippen molar-refractivity contribution in [3.8, 4) is 5.75 Å². The quantitative estimate of drug-likeness (QED) is 0.607. The first-order valence-corrected chi connectivity index (χ1v) is 7.89. The maximum absolute atomic E-state index is 14.1. The van der Waals surface area contributed by atoms with E-state index in [1.807, 2.05) is 0 Å². The molecule has 4 N–H and O–H groups in total. The number of benzene rings is 1. The highest BCUT2D eigenvalue weighted by atomic mass is 19.1. The van der Waals surface area contributed by atoms with E-state index in [0.717, 1.165) is 18.9 Å². The van der Waals surface area contributed by atoms with E-state index in [1.54, 1.807) is 6.92 Å². The normalized spacial score (nSPS) is 21.5. The molecule has 0 heterocycles. The van der Waals surface area contributed by atoms with Crippen molar-refractivity contribution in [2.75, 3.05) is 6.54 Å². The minimum Gasteiger partial charge on any atom is -0.485 e. The molecule has 134 valence electrons. The van der Waals surface area contributed by atoms with Gasteiger partial charge < -0.3 is 25.6 Å². The molecule has 1 aromatic carbocycles. The first-order valence-electron chi connectivity index (χ1n) is 7.89. The molecule has 6 nitrogen and oxygen atoms in total. The van der Waals surface area contributed by atoms with Gasteiger partial charge in [-0.25, -0.2) is 13.6 Å². The Balaban J connectivity index is 2.06. The molecule has 24 heavy (non-hydrogen) atoms. The topological polar surface area (TPSA) is 90.8 Å². The summed E-state index contributed by atoms with van der Waals surface area (Å²) >= 11 is 0. The number of nitrogens with one attached hydrogen (secondary N) is 2. The second kappa shape index (κ2) is 8.25. The molecule has 0 spiro atoms. The van der Waals surface area contributed by atoms with Gasteiger partial charge in [-0.15, -0.1) is 0 Å². The third-order valence-corrected chi connectivity index (χ3v) is 3.98. The molecule has 2 rings (SSSR count). The van der Waals surface area contributed by atoms with Gasteiger partial charge in [-0.3, -0.25) is 0 Å². The third kappa shape index (κ3) is 5.04. The van der Waals surface area contributed by atoms with Crippen molar-refractivity contribution in [3.63, 3.8) is 0 Å². The summed E-state index contributed by atoms with van der Waals surface area (Å²) in [5, 5.41) is 23.6. The van der Waals surface area contributed by atoms with Crippen LogP contribution in [0.15, 0.2) is 12.1 Å². The summed E-state index contributed by atoms with van der Waals surface area (Å²) in [6.07, 6.45) is 0.104. The van der Waals surface area contributed by atoms with Gasteiger partial charge in [-0.05, 0) is 32.3 Å². The Morgan fingerprint density at radius 3 is 2.79 bits per heavy atom. The molecule has 1 aliphatic rings. The molecular weight excluding hydrogens is 322 g/mol. The van der Waals surface area contributed by atoms with Gasteiger partial charge in [-0.1, -0.05) is 0 Å². The van der Waals surface area contributed by atoms with E-state index in [4.69, 9.17) is 9.84 Å². The van der Waals surface area contributed by atoms with E-state index >= 15 is 0 Å². The minimum absolute atomic E-state index is 0.0274. The number of carbonyl (C=O) groups is 1.